The highest BCUT2D eigenvalue weighted by atomic mass is 32.2. The van der Waals surface area contributed by atoms with Gasteiger partial charge in [0.2, 0.25) is 10.0 Å². The third kappa shape index (κ3) is 3.97. The van der Waals surface area contributed by atoms with Crippen LogP contribution in [0.2, 0.25) is 0 Å². The summed E-state index contributed by atoms with van der Waals surface area (Å²) in [6.07, 6.45) is -1.02. The number of sulfonamides is 1. The van der Waals surface area contributed by atoms with Gasteiger partial charge < -0.3 is 9.84 Å². The summed E-state index contributed by atoms with van der Waals surface area (Å²) in [4.78, 5) is 9.93. The van der Waals surface area contributed by atoms with E-state index in [9.17, 15) is 23.6 Å². The molecule has 9 heteroatoms. The van der Waals surface area contributed by atoms with Crippen LogP contribution in [0.4, 0.5) is 5.69 Å². The highest BCUT2D eigenvalue weighted by Crippen LogP contribution is 2.29. The lowest BCUT2D eigenvalue weighted by atomic mass is 10.2. The normalized spacial score (nSPS) is 13.4. The fraction of sp³-hybridized carbons (Fsp3) is 0.500. The van der Waals surface area contributed by atoms with Crippen LogP contribution in [0, 0.1) is 17.0 Å². The van der Waals surface area contributed by atoms with Crippen LogP contribution < -0.4 is 0 Å². The Morgan fingerprint density at radius 1 is 1.48 bits per heavy atom. The monoisotopic (exact) mass is 318 g/mol. The fourth-order valence-corrected chi connectivity index (χ4v) is 3.47. The summed E-state index contributed by atoms with van der Waals surface area (Å²) in [5.41, 5.74) is -0.208. The Morgan fingerprint density at radius 3 is 2.62 bits per heavy atom. The number of hydrogen-bond acceptors (Lipinski definition) is 6. The summed E-state index contributed by atoms with van der Waals surface area (Å²) < 4.78 is 30.6. The number of aryl methyl sites for hydroxylation is 1. The smallest absolute Gasteiger partial charge is 0.289 e. The molecule has 1 aromatic rings. The zero-order valence-electron chi connectivity index (χ0n) is 12.0. The van der Waals surface area contributed by atoms with Crippen molar-refractivity contribution < 1.29 is 23.2 Å². The van der Waals surface area contributed by atoms with E-state index in [1.165, 1.54) is 33.2 Å². The summed E-state index contributed by atoms with van der Waals surface area (Å²) in [6.45, 7) is 1.23. The van der Waals surface area contributed by atoms with Gasteiger partial charge in [0.25, 0.3) is 5.69 Å². The molecule has 1 atom stereocenters. The first-order valence-corrected chi connectivity index (χ1v) is 7.53. The standard InChI is InChI=1S/C12H18N2O6S/c1-9-5-4-6-11(14(16)17)12(9)21(18,19)13(2)7-10(15)8-20-3/h4-6,10,15H,7-8H2,1-3H3. The number of benzene rings is 1. The second-order valence-electron chi connectivity index (χ2n) is 4.57. The lowest BCUT2D eigenvalue weighted by Gasteiger charge is -2.21. The number of nitro groups is 1. The van der Waals surface area contributed by atoms with Crippen LogP contribution in [0.3, 0.4) is 0 Å². The van der Waals surface area contributed by atoms with Gasteiger partial charge in [0, 0.05) is 26.8 Å². The van der Waals surface area contributed by atoms with Crippen LogP contribution in [0.15, 0.2) is 23.1 Å². The number of rotatable bonds is 7. The molecule has 0 radical (unpaired) electrons. The zero-order chi connectivity index (χ0) is 16.2. The highest BCUT2D eigenvalue weighted by Gasteiger charge is 2.32. The van der Waals surface area contributed by atoms with E-state index in [0.29, 0.717) is 0 Å². The van der Waals surface area contributed by atoms with Crippen LogP contribution in [0.25, 0.3) is 0 Å². The lowest BCUT2D eigenvalue weighted by molar-refractivity contribution is -0.387. The first-order valence-electron chi connectivity index (χ1n) is 6.09. The van der Waals surface area contributed by atoms with Crippen LogP contribution in [0.1, 0.15) is 5.56 Å². The second kappa shape index (κ2) is 6.94. The zero-order valence-corrected chi connectivity index (χ0v) is 12.8. The number of hydrogen-bond donors (Lipinski definition) is 1. The average molecular weight is 318 g/mol. The Balaban J connectivity index is 3.22. The third-order valence-electron chi connectivity index (χ3n) is 2.88. The Bertz CT molecular complexity index is 616. The quantitative estimate of drug-likeness (QED) is 0.580. The van der Waals surface area contributed by atoms with Crippen molar-refractivity contribution in [2.24, 2.45) is 0 Å². The first kappa shape index (κ1) is 17.5. The minimum absolute atomic E-state index is 0.0320. The molecule has 1 unspecified atom stereocenters. The van der Waals surface area contributed by atoms with Gasteiger partial charge in [-0.1, -0.05) is 12.1 Å². The molecule has 0 amide bonds. The SMILES string of the molecule is COCC(O)CN(C)S(=O)(=O)c1c(C)cccc1[N+](=O)[O-]. The lowest BCUT2D eigenvalue weighted by Crippen LogP contribution is -2.36. The van der Waals surface area contributed by atoms with Gasteiger partial charge in [0.15, 0.2) is 4.90 Å². The number of aliphatic hydroxyl groups is 1. The molecule has 0 saturated carbocycles. The van der Waals surface area contributed by atoms with Crippen LogP contribution in [-0.4, -0.2) is 56.2 Å². The minimum atomic E-state index is -4.08. The molecule has 0 spiro atoms. The van der Waals surface area contributed by atoms with E-state index in [-0.39, 0.29) is 23.6 Å². The van der Waals surface area contributed by atoms with Crippen molar-refractivity contribution in [1.82, 2.24) is 4.31 Å². The molecule has 118 valence electrons. The van der Waals surface area contributed by atoms with Crippen LogP contribution in [-0.2, 0) is 14.8 Å². The fourth-order valence-electron chi connectivity index (χ4n) is 1.91. The predicted octanol–water partition coefficient (Wildman–Crippen LogP) is 0.531. The van der Waals surface area contributed by atoms with Gasteiger partial charge in [0.1, 0.15) is 0 Å². The molecular weight excluding hydrogens is 300 g/mol. The number of likely N-dealkylation sites (N-methyl/N-ethyl adjacent to an activating group) is 1. The molecule has 8 nitrogen and oxygen atoms in total. The van der Waals surface area contributed by atoms with E-state index in [1.807, 2.05) is 0 Å². The van der Waals surface area contributed by atoms with E-state index in [1.54, 1.807) is 0 Å². The molecule has 0 aliphatic rings. The molecule has 1 aromatic carbocycles. The van der Waals surface area contributed by atoms with E-state index in [2.05, 4.69) is 0 Å². The molecule has 0 aliphatic heterocycles. The molecule has 1 N–H and O–H groups in total. The Hall–Kier alpha value is -1.55. The summed E-state index contributed by atoms with van der Waals surface area (Å²) in [5, 5.41) is 20.6. The Kier molecular flexibility index (Phi) is 5.78. The van der Waals surface area contributed by atoms with Crippen molar-refractivity contribution in [3.8, 4) is 0 Å². The van der Waals surface area contributed by atoms with Crippen molar-refractivity contribution >= 4 is 15.7 Å². The third-order valence-corrected chi connectivity index (χ3v) is 4.90. The van der Waals surface area contributed by atoms with Gasteiger partial charge in [-0.25, -0.2) is 8.42 Å². The van der Waals surface area contributed by atoms with Gasteiger partial charge in [-0.15, -0.1) is 0 Å². The average Bonchev–Trinajstić information content (AvgIpc) is 2.37. The van der Waals surface area contributed by atoms with Gasteiger partial charge in [-0.2, -0.15) is 4.31 Å². The maximum atomic E-state index is 12.5. The largest absolute Gasteiger partial charge is 0.389 e. The number of nitrogens with zero attached hydrogens (tertiary/aromatic N) is 2. The van der Waals surface area contributed by atoms with Crippen LogP contribution in [0.5, 0.6) is 0 Å². The number of nitro benzene ring substituents is 1. The van der Waals surface area contributed by atoms with Gasteiger partial charge in [-0.3, -0.25) is 10.1 Å². The Labute approximate surface area is 123 Å². The molecule has 0 heterocycles. The summed E-state index contributed by atoms with van der Waals surface area (Å²) >= 11 is 0. The Morgan fingerprint density at radius 2 is 2.10 bits per heavy atom. The van der Waals surface area contributed by atoms with Crippen molar-refractivity contribution in [2.75, 3.05) is 27.3 Å². The summed E-state index contributed by atoms with van der Waals surface area (Å²) in [6, 6.07) is 4.05. The van der Waals surface area contributed by atoms with Crippen molar-refractivity contribution in [3.63, 3.8) is 0 Å². The first-order chi connectivity index (χ1) is 9.71. The van der Waals surface area contributed by atoms with Gasteiger partial charge >= 0.3 is 0 Å². The van der Waals surface area contributed by atoms with Gasteiger partial charge in [-0.05, 0) is 12.5 Å². The molecule has 0 aliphatic carbocycles. The summed E-state index contributed by atoms with van der Waals surface area (Å²) in [5.74, 6) is 0. The predicted molar refractivity (Wildman–Crippen MR) is 75.5 cm³/mol. The molecule has 21 heavy (non-hydrogen) atoms. The van der Waals surface area contributed by atoms with E-state index >= 15 is 0 Å². The number of methoxy groups -OCH3 is 1. The van der Waals surface area contributed by atoms with Gasteiger partial charge in [0.05, 0.1) is 17.6 Å². The van der Waals surface area contributed by atoms with E-state index in [4.69, 9.17) is 4.74 Å². The van der Waals surface area contributed by atoms with E-state index in [0.717, 1.165) is 10.4 Å². The van der Waals surface area contributed by atoms with E-state index < -0.39 is 26.7 Å². The highest BCUT2D eigenvalue weighted by molar-refractivity contribution is 7.89. The molecule has 0 aromatic heterocycles. The van der Waals surface area contributed by atoms with Crippen LogP contribution >= 0.6 is 0 Å². The second-order valence-corrected chi connectivity index (χ2v) is 6.56. The molecule has 0 bridgehead atoms. The van der Waals surface area contributed by atoms with Crippen molar-refractivity contribution in [2.45, 2.75) is 17.9 Å². The van der Waals surface area contributed by atoms with Crippen molar-refractivity contribution in [1.29, 1.82) is 0 Å². The maximum absolute atomic E-state index is 12.5. The topological polar surface area (TPSA) is 110 Å². The summed E-state index contributed by atoms with van der Waals surface area (Å²) in [7, 11) is -1.45. The number of ether oxygens (including phenoxy) is 1. The minimum Gasteiger partial charge on any atom is -0.389 e. The molecule has 1 rings (SSSR count). The number of aliphatic hydroxyl groups excluding tert-OH is 1. The molecule has 0 saturated heterocycles. The molecule has 0 fully saturated rings. The molecular formula is C12H18N2O6S. The van der Waals surface area contributed by atoms with Crippen molar-refractivity contribution in [3.05, 3.63) is 33.9 Å². The maximum Gasteiger partial charge on any atom is 0.289 e.